The third kappa shape index (κ3) is 11.5. The monoisotopic (exact) mass is 479 g/mol. The molecule has 0 amide bonds. The van der Waals surface area contributed by atoms with Gasteiger partial charge in [0.05, 0.1) is 0 Å². The van der Waals surface area contributed by atoms with Crippen LogP contribution in [0.2, 0.25) is 0 Å². The number of nitrogens with one attached hydrogen (secondary N) is 1. The van der Waals surface area contributed by atoms with Crippen LogP contribution in [0, 0.1) is 25.5 Å². The minimum absolute atomic E-state index is 0.111. The first-order chi connectivity index (χ1) is 15.8. The third-order valence-corrected chi connectivity index (χ3v) is 6.99. The lowest BCUT2D eigenvalue weighted by Gasteiger charge is -2.19. The van der Waals surface area contributed by atoms with Crippen LogP contribution >= 0.6 is 8.38 Å². The van der Waals surface area contributed by atoms with E-state index in [9.17, 15) is 8.78 Å². The van der Waals surface area contributed by atoms with Gasteiger partial charge in [0.15, 0.2) is 8.38 Å². The summed E-state index contributed by atoms with van der Waals surface area (Å²) >= 11 is 0. The van der Waals surface area contributed by atoms with Gasteiger partial charge in [-0.3, -0.25) is 0 Å². The molecule has 0 spiro atoms. The zero-order valence-electron chi connectivity index (χ0n) is 20.1. The Morgan fingerprint density at radius 3 is 2.09 bits per heavy atom. The minimum Gasteiger partial charge on any atom is -0.350 e. The highest BCUT2D eigenvalue weighted by molar-refractivity contribution is 7.45. The number of benzene rings is 2. The van der Waals surface area contributed by atoms with Crippen LogP contribution in [0.3, 0.4) is 0 Å². The smallest absolute Gasteiger partial charge is 0.164 e. The molecule has 0 saturated heterocycles. The Bertz CT molecular complexity index is 812. The molecule has 6 heteroatoms. The molecule has 2 aromatic rings. The van der Waals surface area contributed by atoms with Crippen LogP contribution in [-0.4, -0.2) is 29.0 Å². The third-order valence-electron chi connectivity index (χ3n) is 6.28. The van der Waals surface area contributed by atoms with Gasteiger partial charge in [0.25, 0.3) is 0 Å². The van der Waals surface area contributed by atoms with E-state index in [0.29, 0.717) is 6.16 Å². The predicted molar refractivity (Wildman–Crippen MR) is 135 cm³/mol. The van der Waals surface area contributed by atoms with Gasteiger partial charge in [-0.15, -0.1) is 0 Å². The van der Waals surface area contributed by atoms with Gasteiger partial charge in [-0.2, -0.15) is 0 Å². The van der Waals surface area contributed by atoms with Gasteiger partial charge in [-0.25, -0.2) is 8.78 Å². The van der Waals surface area contributed by atoms with E-state index in [0.717, 1.165) is 63.2 Å². The average molecular weight is 480 g/mol. The molecule has 0 aliphatic heterocycles. The number of aryl methyl sites for hydroxylation is 2. The molecular formula is C27H40F2NO2P. The summed E-state index contributed by atoms with van der Waals surface area (Å²) in [6.45, 7) is 6.00. The van der Waals surface area contributed by atoms with Crippen molar-refractivity contribution in [3.05, 3.63) is 70.3 Å². The maximum absolute atomic E-state index is 13.9. The topological polar surface area (TPSA) is 52.5 Å². The number of hydrogen-bond donors (Lipinski definition) is 3. The molecule has 1 unspecified atom stereocenters. The van der Waals surface area contributed by atoms with Gasteiger partial charge in [0.2, 0.25) is 0 Å². The van der Waals surface area contributed by atoms with Crippen LogP contribution in [0.4, 0.5) is 8.78 Å². The highest BCUT2D eigenvalue weighted by Gasteiger charge is 2.15. The lowest BCUT2D eigenvalue weighted by molar-refractivity contribution is 0.478. The molecule has 0 aliphatic carbocycles. The van der Waals surface area contributed by atoms with E-state index in [1.165, 1.54) is 48.1 Å². The quantitative estimate of drug-likeness (QED) is 0.181. The van der Waals surface area contributed by atoms with Gasteiger partial charge in [0, 0.05) is 12.2 Å². The fourth-order valence-corrected chi connectivity index (χ4v) is 4.67. The van der Waals surface area contributed by atoms with Crippen LogP contribution in [0.15, 0.2) is 36.4 Å². The lowest BCUT2D eigenvalue weighted by atomic mass is 9.86. The van der Waals surface area contributed by atoms with Crippen LogP contribution in [0.25, 0.3) is 0 Å². The molecule has 0 radical (unpaired) electrons. The maximum atomic E-state index is 13.9. The van der Waals surface area contributed by atoms with Crippen molar-refractivity contribution < 1.29 is 18.6 Å². The molecule has 33 heavy (non-hydrogen) atoms. The number of unbranched alkanes of at least 4 members (excludes halogenated alkanes) is 5. The number of rotatable bonds is 16. The summed E-state index contributed by atoms with van der Waals surface area (Å²) in [7, 11) is -1.75. The summed E-state index contributed by atoms with van der Waals surface area (Å²) in [4.78, 5) is 17.7. The molecule has 3 N–H and O–H groups in total. The Kier molecular flexibility index (Phi) is 13.1. The highest BCUT2D eigenvalue weighted by Crippen LogP contribution is 2.29. The van der Waals surface area contributed by atoms with Gasteiger partial charge < -0.3 is 15.1 Å². The molecule has 0 heterocycles. The molecule has 0 bridgehead atoms. The molecule has 0 fully saturated rings. The summed E-state index contributed by atoms with van der Waals surface area (Å²) < 4.78 is 27.7. The van der Waals surface area contributed by atoms with E-state index in [4.69, 9.17) is 9.79 Å². The summed E-state index contributed by atoms with van der Waals surface area (Å²) in [6.07, 6.45) is 9.87. The van der Waals surface area contributed by atoms with Crippen molar-refractivity contribution in [2.75, 3.05) is 19.3 Å². The van der Waals surface area contributed by atoms with Crippen molar-refractivity contribution in [3.8, 4) is 0 Å². The SMILES string of the molecule is Cc1ccc(CC(CCCCCCCCNCCCP(O)O)c2cc(F)cc(F)c2)cc1C. The van der Waals surface area contributed by atoms with E-state index in [2.05, 4.69) is 37.4 Å². The van der Waals surface area contributed by atoms with Crippen LogP contribution in [0.5, 0.6) is 0 Å². The minimum atomic E-state index is -1.75. The van der Waals surface area contributed by atoms with Crippen molar-refractivity contribution in [1.82, 2.24) is 5.32 Å². The Balaban J connectivity index is 1.74. The molecule has 1 atom stereocenters. The largest absolute Gasteiger partial charge is 0.350 e. The summed E-state index contributed by atoms with van der Waals surface area (Å²) in [5.41, 5.74) is 4.48. The predicted octanol–water partition coefficient (Wildman–Crippen LogP) is 6.91. The van der Waals surface area contributed by atoms with E-state index in [-0.39, 0.29) is 5.92 Å². The molecule has 3 nitrogen and oxygen atoms in total. The first-order valence-corrected chi connectivity index (χ1v) is 13.7. The van der Waals surface area contributed by atoms with E-state index >= 15 is 0 Å². The second-order valence-electron chi connectivity index (χ2n) is 9.13. The Morgan fingerprint density at radius 1 is 0.788 bits per heavy atom. The van der Waals surface area contributed by atoms with E-state index in [1.807, 2.05) is 0 Å². The zero-order chi connectivity index (χ0) is 24.1. The van der Waals surface area contributed by atoms with Crippen LogP contribution in [-0.2, 0) is 6.42 Å². The van der Waals surface area contributed by atoms with Gasteiger partial charge in [-0.1, -0.05) is 50.3 Å². The molecule has 0 aliphatic rings. The molecule has 0 saturated carbocycles. The Morgan fingerprint density at radius 2 is 1.42 bits per heavy atom. The van der Waals surface area contributed by atoms with E-state index < -0.39 is 20.0 Å². The van der Waals surface area contributed by atoms with E-state index in [1.54, 1.807) is 0 Å². The van der Waals surface area contributed by atoms with Crippen molar-refractivity contribution >= 4 is 8.38 Å². The van der Waals surface area contributed by atoms with Gasteiger partial charge in [0.1, 0.15) is 11.6 Å². The van der Waals surface area contributed by atoms with Crippen molar-refractivity contribution in [2.24, 2.45) is 0 Å². The van der Waals surface area contributed by atoms with Gasteiger partial charge in [-0.05, 0) is 92.9 Å². The molecule has 2 rings (SSSR count). The molecular weight excluding hydrogens is 439 g/mol. The molecule has 0 aromatic heterocycles. The number of hydrogen-bond acceptors (Lipinski definition) is 3. The standard InChI is InChI=1S/C27H40F2NO2P/c1-21-11-12-23(16-22(21)2)17-24(25-18-26(28)20-27(29)19-25)10-7-5-3-4-6-8-13-30-14-9-15-33(31)32/h11-12,16,18-20,24,30-32H,3-10,13-15,17H2,1-2H3. The summed E-state index contributed by atoms with van der Waals surface area (Å²) in [6, 6.07) is 10.4. The Labute approximate surface area is 199 Å². The highest BCUT2D eigenvalue weighted by atomic mass is 31.2. The fourth-order valence-electron chi connectivity index (χ4n) is 4.23. The lowest BCUT2D eigenvalue weighted by Crippen LogP contribution is -2.17. The average Bonchev–Trinajstić information content (AvgIpc) is 2.75. The van der Waals surface area contributed by atoms with Gasteiger partial charge >= 0.3 is 0 Å². The van der Waals surface area contributed by atoms with Crippen LogP contribution in [0.1, 0.15) is 79.5 Å². The normalized spacial score (nSPS) is 12.5. The second kappa shape index (κ2) is 15.5. The summed E-state index contributed by atoms with van der Waals surface area (Å²) in [5.74, 6) is -0.894. The maximum Gasteiger partial charge on any atom is 0.164 e. The fraction of sp³-hybridized carbons (Fsp3) is 0.556. The summed E-state index contributed by atoms with van der Waals surface area (Å²) in [5, 5.41) is 3.34. The van der Waals surface area contributed by atoms with Crippen molar-refractivity contribution in [2.45, 2.75) is 77.6 Å². The molecule has 184 valence electrons. The Hall–Kier alpha value is -1.39. The number of halogens is 2. The second-order valence-corrected chi connectivity index (χ2v) is 10.3. The van der Waals surface area contributed by atoms with Crippen molar-refractivity contribution in [1.29, 1.82) is 0 Å². The van der Waals surface area contributed by atoms with Crippen molar-refractivity contribution in [3.63, 3.8) is 0 Å². The van der Waals surface area contributed by atoms with Crippen LogP contribution < -0.4 is 5.32 Å². The molecule has 2 aromatic carbocycles. The first kappa shape index (κ1) is 27.9. The zero-order valence-corrected chi connectivity index (χ0v) is 21.0. The first-order valence-electron chi connectivity index (χ1n) is 12.2.